The Morgan fingerprint density at radius 1 is 1.29 bits per heavy atom. The molecule has 4 nitrogen and oxygen atoms in total. The van der Waals surface area contributed by atoms with Gasteiger partial charge in [0, 0.05) is 12.4 Å². The first-order chi connectivity index (χ1) is 8.20. The topological polar surface area (TPSA) is 52.1 Å². The van der Waals surface area contributed by atoms with E-state index in [0.29, 0.717) is 5.92 Å². The first-order valence-corrected chi connectivity index (χ1v) is 5.76. The van der Waals surface area contributed by atoms with Gasteiger partial charge in [-0.3, -0.25) is 4.79 Å². The molecule has 92 valence electrons. The van der Waals surface area contributed by atoms with Gasteiger partial charge in [0.1, 0.15) is 0 Å². The van der Waals surface area contributed by atoms with E-state index in [1.165, 1.54) is 19.5 Å². The first kappa shape index (κ1) is 12.0. The molecule has 1 aromatic heterocycles. The molecule has 0 unspecified atom stereocenters. The molecule has 0 spiro atoms. The molecule has 0 saturated heterocycles. The van der Waals surface area contributed by atoms with Gasteiger partial charge >= 0.3 is 12.0 Å². The number of carbonyl (C=O) groups excluding carboxylic acids is 1. The summed E-state index contributed by atoms with van der Waals surface area (Å²) in [6, 6.07) is 0. The summed E-state index contributed by atoms with van der Waals surface area (Å²) in [5.41, 5.74) is 0.953. The Kier molecular flexibility index (Phi) is 3.66. The van der Waals surface area contributed by atoms with Gasteiger partial charge in [-0.15, -0.1) is 0 Å². The minimum absolute atomic E-state index is 0.0117. The third kappa shape index (κ3) is 2.78. The fourth-order valence-corrected chi connectivity index (χ4v) is 2.36. The average molecular weight is 238 g/mol. The van der Waals surface area contributed by atoms with Crippen LogP contribution in [0.2, 0.25) is 0 Å². The third-order valence-corrected chi connectivity index (χ3v) is 3.37. The zero-order valence-electron chi connectivity index (χ0n) is 9.73. The maximum atomic E-state index is 12.6. The Balaban J connectivity index is 1.95. The molecule has 0 radical (unpaired) electrons. The Labute approximate surface area is 99.2 Å². The summed E-state index contributed by atoms with van der Waals surface area (Å²) in [7, 11) is 1.42. The molecule has 0 aromatic carbocycles. The van der Waals surface area contributed by atoms with Gasteiger partial charge in [-0.25, -0.2) is 9.97 Å². The van der Waals surface area contributed by atoms with Crippen LogP contribution in [-0.4, -0.2) is 23.0 Å². The molecule has 1 saturated carbocycles. The number of carbonyl (C=O) groups is 1. The molecule has 0 bridgehead atoms. The Morgan fingerprint density at radius 2 is 1.88 bits per heavy atom. The molecule has 5 heteroatoms. The number of hydrogen-bond acceptors (Lipinski definition) is 4. The van der Waals surface area contributed by atoms with Gasteiger partial charge in [0.2, 0.25) is 0 Å². The summed E-state index contributed by atoms with van der Waals surface area (Å²) in [6.45, 7) is 0. The SMILES string of the molecule is COC(=O)C1CCC(c2cnc(F)nc2)CC1. The summed E-state index contributed by atoms with van der Waals surface area (Å²) in [4.78, 5) is 18.5. The van der Waals surface area contributed by atoms with Gasteiger partial charge in [0.15, 0.2) is 0 Å². The number of aromatic nitrogens is 2. The second-order valence-electron chi connectivity index (χ2n) is 4.36. The lowest BCUT2D eigenvalue weighted by molar-refractivity contribution is -0.146. The molecule has 0 atom stereocenters. The summed E-state index contributed by atoms with van der Waals surface area (Å²) in [5.74, 6) is 0.216. The molecule has 1 aromatic rings. The fraction of sp³-hybridized carbons (Fsp3) is 0.583. The molecule has 0 aliphatic heterocycles. The van der Waals surface area contributed by atoms with Crippen LogP contribution < -0.4 is 0 Å². The highest BCUT2D eigenvalue weighted by Crippen LogP contribution is 2.35. The second-order valence-corrected chi connectivity index (χ2v) is 4.36. The molecule has 1 heterocycles. The Morgan fingerprint density at radius 3 is 2.41 bits per heavy atom. The predicted octanol–water partition coefficient (Wildman–Crippen LogP) is 2.06. The van der Waals surface area contributed by atoms with E-state index in [4.69, 9.17) is 4.74 Å². The van der Waals surface area contributed by atoms with Crippen LogP contribution in [0.5, 0.6) is 0 Å². The van der Waals surface area contributed by atoms with Gasteiger partial charge in [-0.2, -0.15) is 4.39 Å². The molecular weight excluding hydrogens is 223 g/mol. The molecule has 1 aliphatic carbocycles. The second kappa shape index (κ2) is 5.21. The van der Waals surface area contributed by atoms with Crippen LogP contribution in [0.3, 0.4) is 0 Å². The van der Waals surface area contributed by atoms with Gasteiger partial charge in [0.05, 0.1) is 13.0 Å². The number of ether oxygens (including phenoxy) is 1. The van der Waals surface area contributed by atoms with E-state index in [9.17, 15) is 9.18 Å². The molecule has 1 fully saturated rings. The van der Waals surface area contributed by atoms with Crippen molar-refractivity contribution >= 4 is 5.97 Å². The van der Waals surface area contributed by atoms with E-state index < -0.39 is 6.08 Å². The van der Waals surface area contributed by atoms with Crippen molar-refractivity contribution in [2.75, 3.05) is 7.11 Å². The van der Waals surface area contributed by atoms with E-state index in [-0.39, 0.29) is 11.9 Å². The number of methoxy groups -OCH3 is 1. The maximum Gasteiger partial charge on any atom is 0.308 e. The predicted molar refractivity (Wildman–Crippen MR) is 58.7 cm³/mol. The molecule has 0 N–H and O–H groups in total. The molecule has 2 rings (SSSR count). The van der Waals surface area contributed by atoms with Crippen LogP contribution in [0.4, 0.5) is 4.39 Å². The smallest absolute Gasteiger partial charge is 0.308 e. The van der Waals surface area contributed by atoms with Crippen molar-refractivity contribution in [3.05, 3.63) is 24.0 Å². The van der Waals surface area contributed by atoms with Crippen LogP contribution in [0.15, 0.2) is 12.4 Å². The molecular formula is C12H15FN2O2. The number of halogens is 1. The van der Waals surface area contributed by atoms with E-state index in [1.807, 2.05) is 0 Å². The number of esters is 1. The third-order valence-electron chi connectivity index (χ3n) is 3.37. The average Bonchev–Trinajstić information content (AvgIpc) is 2.39. The highest BCUT2D eigenvalue weighted by atomic mass is 19.1. The monoisotopic (exact) mass is 238 g/mol. The summed E-state index contributed by atoms with van der Waals surface area (Å²) in [6.07, 6.45) is 5.79. The highest BCUT2D eigenvalue weighted by Gasteiger charge is 2.27. The van der Waals surface area contributed by atoms with Crippen molar-refractivity contribution in [3.8, 4) is 0 Å². The van der Waals surface area contributed by atoms with Crippen LogP contribution in [0.25, 0.3) is 0 Å². The van der Waals surface area contributed by atoms with Crippen molar-refractivity contribution in [2.24, 2.45) is 5.92 Å². The number of hydrogen-bond donors (Lipinski definition) is 0. The Hall–Kier alpha value is -1.52. The summed E-state index contributed by atoms with van der Waals surface area (Å²) in [5, 5.41) is 0. The quantitative estimate of drug-likeness (QED) is 0.584. The van der Waals surface area contributed by atoms with Gasteiger partial charge in [0.25, 0.3) is 0 Å². The lowest BCUT2D eigenvalue weighted by Gasteiger charge is -2.26. The lowest BCUT2D eigenvalue weighted by atomic mass is 9.79. The van der Waals surface area contributed by atoms with Gasteiger partial charge < -0.3 is 4.74 Å². The fourth-order valence-electron chi connectivity index (χ4n) is 2.36. The van der Waals surface area contributed by atoms with Crippen molar-refractivity contribution in [1.29, 1.82) is 0 Å². The first-order valence-electron chi connectivity index (χ1n) is 5.76. The normalized spacial score (nSPS) is 24.4. The zero-order chi connectivity index (χ0) is 12.3. The van der Waals surface area contributed by atoms with Gasteiger partial charge in [-0.05, 0) is 37.2 Å². The summed E-state index contributed by atoms with van der Waals surface area (Å²) < 4.78 is 17.3. The largest absolute Gasteiger partial charge is 0.469 e. The number of nitrogens with zero attached hydrogens (tertiary/aromatic N) is 2. The van der Waals surface area contributed by atoms with E-state index in [1.54, 1.807) is 0 Å². The van der Waals surface area contributed by atoms with Crippen LogP contribution in [0, 0.1) is 12.0 Å². The zero-order valence-corrected chi connectivity index (χ0v) is 9.73. The van der Waals surface area contributed by atoms with Crippen LogP contribution >= 0.6 is 0 Å². The van der Waals surface area contributed by atoms with Gasteiger partial charge in [-0.1, -0.05) is 0 Å². The van der Waals surface area contributed by atoms with Crippen molar-refractivity contribution < 1.29 is 13.9 Å². The van der Waals surface area contributed by atoms with Crippen molar-refractivity contribution in [1.82, 2.24) is 9.97 Å². The van der Waals surface area contributed by atoms with Crippen molar-refractivity contribution in [3.63, 3.8) is 0 Å². The minimum Gasteiger partial charge on any atom is -0.469 e. The van der Waals surface area contributed by atoms with E-state index in [0.717, 1.165) is 31.2 Å². The summed E-state index contributed by atoms with van der Waals surface area (Å²) >= 11 is 0. The van der Waals surface area contributed by atoms with Crippen LogP contribution in [-0.2, 0) is 9.53 Å². The highest BCUT2D eigenvalue weighted by molar-refractivity contribution is 5.72. The van der Waals surface area contributed by atoms with Crippen LogP contribution in [0.1, 0.15) is 37.2 Å². The van der Waals surface area contributed by atoms with E-state index >= 15 is 0 Å². The molecule has 17 heavy (non-hydrogen) atoms. The Bertz CT molecular complexity index is 386. The number of rotatable bonds is 2. The standard InChI is InChI=1S/C12H15FN2O2/c1-17-11(16)9-4-2-8(3-5-9)10-6-14-12(13)15-7-10/h6-9H,2-5H2,1H3. The van der Waals surface area contributed by atoms with E-state index in [2.05, 4.69) is 9.97 Å². The molecule has 1 aliphatic rings. The molecule has 0 amide bonds. The lowest BCUT2D eigenvalue weighted by Crippen LogP contribution is -2.22. The maximum absolute atomic E-state index is 12.6. The minimum atomic E-state index is -0.697. The van der Waals surface area contributed by atoms with Crippen molar-refractivity contribution in [2.45, 2.75) is 31.6 Å².